The van der Waals surface area contributed by atoms with Crippen molar-refractivity contribution in [2.45, 2.75) is 18.8 Å². The second-order valence-corrected chi connectivity index (χ2v) is 7.18. The number of piperazine rings is 1. The Morgan fingerprint density at radius 2 is 1.73 bits per heavy atom. The van der Waals surface area contributed by atoms with Crippen LogP contribution in [-0.4, -0.2) is 70.3 Å². The minimum atomic E-state index is 0.133. The number of likely N-dealkylation sites (N-methyl/N-ethyl adjacent to an activating group) is 1. The van der Waals surface area contributed by atoms with Crippen LogP contribution in [0.2, 0.25) is 0 Å². The molecule has 0 spiro atoms. The molecule has 0 saturated carbocycles. The molecule has 0 unspecified atom stereocenters. The van der Waals surface area contributed by atoms with Gasteiger partial charge in [-0.05, 0) is 24.3 Å². The second-order valence-electron chi connectivity index (χ2n) is 7.18. The third-order valence-corrected chi connectivity index (χ3v) is 5.43. The maximum Gasteiger partial charge on any atom is 0.241 e. The van der Waals surface area contributed by atoms with Gasteiger partial charge in [-0.1, -0.05) is 0 Å². The van der Waals surface area contributed by atoms with Crippen molar-refractivity contribution in [1.82, 2.24) is 24.6 Å². The zero-order chi connectivity index (χ0) is 18.1. The first-order valence-electron chi connectivity index (χ1n) is 9.14. The predicted molar refractivity (Wildman–Crippen MR) is 99.3 cm³/mol. The van der Waals surface area contributed by atoms with E-state index in [0.29, 0.717) is 12.5 Å². The summed E-state index contributed by atoms with van der Waals surface area (Å²) in [7, 11) is 3.81. The lowest BCUT2D eigenvalue weighted by Crippen LogP contribution is -2.48. The topological polar surface area (TPSA) is 70.4 Å². The molecular formula is C18H25N7O. The first-order chi connectivity index (χ1) is 12.6. The van der Waals surface area contributed by atoms with E-state index in [1.54, 1.807) is 11.2 Å². The second kappa shape index (κ2) is 6.93. The number of amides is 1. The van der Waals surface area contributed by atoms with Gasteiger partial charge >= 0.3 is 0 Å². The zero-order valence-electron chi connectivity index (χ0n) is 15.4. The molecule has 4 heterocycles. The van der Waals surface area contributed by atoms with E-state index in [1.165, 1.54) is 5.56 Å². The smallest absolute Gasteiger partial charge is 0.241 e. The first kappa shape index (κ1) is 16.8. The monoisotopic (exact) mass is 355 g/mol. The van der Waals surface area contributed by atoms with Gasteiger partial charge < -0.3 is 14.7 Å². The fourth-order valence-electron chi connectivity index (χ4n) is 3.73. The number of carbonyl (C=O) groups excluding carboxylic acids is 1. The van der Waals surface area contributed by atoms with Crippen molar-refractivity contribution in [2.24, 2.45) is 7.05 Å². The minimum Gasteiger partial charge on any atom is -0.356 e. The standard InChI is InChI=1S/C18H25N7O/c1-22-7-8-25(12-18(22)26)17-9-16(19-13-20-17)24-5-3-14(4-6-24)15-10-21-23(2)11-15/h9-11,13-14H,3-8,12H2,1-2H3. The van der Waals surface area contributed by atoms with Crippen LogP contribution < -0.4 is 9.80 Å². The molecule has 1 amide bonds. The normalized spacial score (nSPS) is 19.3. The van der Waals surface area contributed by atoms with Crippen molar-refractivity contribution in [3.8, 4) is 0 Å². The molecule has 0 atom stereocenters. The molecule has 2 aliphatic rings. The van der Waals surface area contributed by atoms with Gasteiger partial charge in [0.15, 0.2) is 0 Å². The Morgan fingerprint density at radius 3 is 2.38 bits per heavy atom. The van der Waals surface area contributed by atoms with Gasteiger partial charge in [0.05, 0.1) is 12.7 Å². The molecule has 138 valence electrons. The molecule has 2 saturated heterocycles. The van der Waals surface area contributed by atoms with Crippen LogP contribution in [-0.2, 0) is 11.8 Å². The highest BCUT2D eigenvalue weighted by molar-refractivity contribution is 5.82. The number of nitrogens with zero attached hydrogens (tertiary/aromatic N) is 7. The molecule has 0 N–H and O–H groups in total. The SMILES string of the molecule is CN1CCN(c2cc(N3CCC(c4cnn(C)c4)CC3)ncn2)CC1=O. The number of aromatic nitrogens is 4. The quantitative estimate of drug-likeness (QED) is 0.814. The lowest BCUT2D eigenvalue weighted by atomic mass is 9.91. The summed E-state index contributed by atoms with van der Waals surface area (Å²) in [6.45, 7) is 3.86. The molecule has 8 heteroatoms. The van der Waals surface area contributed by atoms with Gasteiger partial charge in [-0.15, -0.1) is 0 Å². The van der Waals surface area contributed by atoms with E-state index in [-0.39, 0.29) is 5.91 Å². The van der Waals surface area contributed by atoms with E-state index in [4.69, 9.17) is 0 Å². The summed E-state index contributed by atoms with van der Waals surface area (Å²) in [4.78, 5) is 26.9. The molecule has 0 bridgehead atoms. The van der Waals surface area contributed by atoms with Crippen LogP contribution in [0.1, 0.15) is 24.3 Å². The van der Waals surface area contributed by atoms with E-state index in [2.05, 4.69) is 26.2 Å². The lowest BCUT2D eigenvalue weighted by Gasteiger charge is -2.34. The summed E-state index contributed by atoms with van der Waals surface area (Å²) < 4.78 is 1.87. The van der Waals surface area contributed by atoms with E-state index < -0.39 is 0 Å². The molecule has 8 nitrogen and oxygen atoms in total. The Morgan fingerprint density at radius 1 is 1.00 bits per heavy atom. The Balaban J connectivity index is 1.42. The van der Waals surface area contributed by atoms with Crippen LogP contribution in [0.25, 0.3) is 0 Å². The van der Waals surface area contributed by atoms with Gasteiger partial charge in [0.25, 0.3) is 0 Å². The number of piperidine rings is 1. The Bertz CT molecular complexity index is 781. The summed E-state index contributed by atoms with van der Waals surface area (Å²) in [6.07, 6.45) is 7.90. The highest BCUT2D eigenvalue weighted by Gasteiger charge is 2.25. The molecule has 2 fully saturated rings. The first-order valence-corrected chi connectivity index (χ1v) is 9.14. The third kappa shape index (κ3) is 3.36. The van der Waals surface area contributed by atoms with Crippen LogP contribution >= 0.6 is 0 Å². The highest BCUT2D eigenvalue weighted by atomic mass is 16.2. The van der Waals surface area contributed by atoms with Crippen molar-refractivity contribution >= 4 is 17.5 Å². The van der Waals surface area contributed by atoms with E-state index in [0.717, 1.165) is 50.7 Å². The van der Waals surface area contributed by atoms with Gasteiger partial charge in [0.2, 0.25) is 5.91 Å². The molecular weight excluding hydrogens is 330 g/mol. The Hall–Kier alpha value is -2.64. The molecule has 2 aliphatic heterocycles. The van der Waals surface area contributed by atoms with Crippen molar-refractivity contribution in [3.63, 3.8) is 0 Å². The summed E-state index contributed by atoms with van der Waals surface area (Å²) in [6, 6.07) is 2.02. The van der Waals surface area contributed by atoms with Crippen LogP contribution in [0.4, 0.5) is 11.6 Å². The average Bonchev–Trinajstić information content (AvgIpc) is 3.11. The molecule has 2 aromatic rings. The summed E-state index contributed by atoms with van der Waals surface area (Å²) in [5, 5.41) is 4.29. The number of anilines is 2. The molecule has 2 aromatic heterocycles. The Kier molecular flexibility index (Phi) is 4.48. The van der Waals surface area contributed by atoms with E-state index in [9.17, 15) is 4.79 Å². The maximum absolute atomic E-state index is 12.0. The Labute approximate surface area is 153 Å². The minimum absolute atomic E-state index is 0.133. The van der Waals surface area contributed by atoms with Gasteiger partial charge in [0.1, 0.15) is 18.0 Å². The fraction of sp³-hybridized carbons (Fsp3) is 0.556. The van der Waals surface area contributed by atoms with Crippen LogP contribution in [0.3, 0.4) is 0 Å². The van der Waals surface area contributed by atoms with Crippen molar-refractivity contribution in [1.29, 1.82) is 0 Å². The summed E-state index contributed by atoms with van der Waals surface area (Å²) in [5.74, 6) is 2.49. The highest BCUT2D eigenvalue weighted by Crippen LogP contribution is 2.30. The van der Waals surface area contributed by atoms with Crippen molar-refractivity contribution in [2.75, 3.05) is 49.6 Å². The zero-order valence-corrected chi connectivity index (χ0v) is 15.4. The molecule has 0 aliphatic carbocycles. The maximum atomic E-state index is 12.0. The van der Waals surface area contributed by atoms with Crippen LogP contribution in [0.5, 0.6) is 0 Å². The number of hydrogen-bond donors (Lipinski definition) is 0. The fourth-order valence-corrected chi connectivity index (χ4v) is 3.73. The number of aryl methyl sites for hydroxylation is 1. The average molecular weight is 355 g/mol. The van der Waals surface area contributed by atoms with Crippen LogP contribution in [0.15, 0.2) is 24.8 Å². The van der Waals surface area contributed by atoms with E-state index in [1.807, 2.05) is 35.9 Å². The molecule has 0 aromatic carbocycles. The molecule has 4 rings (SSSR count). The number of rotatable bonds is 3. The van der Waals surface area contributed by atoms with E-state index >= 15 is 0 Å². The summed E-state index contributed by atoms with van der Waals surface area (Å²) >= 11 is 0. The predicted octanol–water partition coefficient (Wildman–Crippen LogP) is 0.872. The summed E-state index contributed by atoms with van der Waals surface area (Å²) in [5.41, 5.74) is 1.33. The van der Waals surface area contributed by atoms with Gasteiger partial charge in [0, 0.05) is 52.5 Å². The van der Waals surface area contributed by atoms with Crippen LogP contribution in [0, 0.1) is 0 Å². The van der Waals surface area contributed by atoms with Gasteiger partial charge in [-0.2, -0.15) is 5.10 Å². The van der Waals surface area contributed by atoms with Gasteiger partial charge in [-0.3, -0.25) is 9.48 Å². The van der Waals surface area contributed by atoms with Crippen molar-refractivity contribution < 1.29 is 4.79 Å². The number of hydrogen-bond acceptors (Lipinski definition) is 6. The van der Waals surface area contributed by atoms with Gasteiger partial charge in [-0.25, -0.2) is 9.97 Å². The molecule has 26 heavy (non-hydrogen) atoms. The largest absolute Gasteiger partial charge is 0.356 e. The van der Waals surface area contributed by atoms with Crippen molar-refractivity contribution in [3.05, 3.63) is 30.4 Å². The number of carbonyl (C=O) groups is 1. The third-order valence-electron chi connectivity index (χ3n) is 5.43. The lowest BCUT2D eigenvalue weighted by molar-refractivity contribution is -0.129. The molecule has 0 radical (unpaired) electrons.